The molecule has 0 N–H and O–H groups in total. The Morgan fingerprint density at radius 2 is 2.40 bits per heavy atom. The number of rotatable bonds is 2. The molecule has 0 amide bonds. The third kappa shape index (κ3) is 1.72. The van der Waals surface area contributed by atoms with Crippen molar-refractivity contribution in [2.24, 2.45) is 0 Å². The molecule has 0 saturated carbocycles. The number of hydrogen-bond acceptors (Lipinski definition) is 2. The first-order valence-corrected chi connectivity index (χ1v) is 4.33. The van der Waals surface area contributed by atoms with Crippen LogP contribution in [0.4, 0.5) is 0 Å². The van der Waals surface area contributed by atoms with Gasteiger partial charge in [0.05, 0.1) is 0 Å². The predicted octanol–water partition coefficient (Wildman–Crippen LogP) is 2.79. The summed E-state index contributed by atoms with van der Waals surface area (Å²) < 4.78 is 0. The van der Waals surface area contributed by atoms with E-state index in [4.69, 9.17) is 23.2 Å². The fraction of sp³-hybridized carbons (Fsp3) is 0.167. The zero-order valence-corrected chi connectivity index (χ0v) is 7.21. The Bertz CT molecular complexity index is 220. The highest BCUT2D eigenvalue weighted by atomic mass is 35.5. The number of hydrogen-bond donors (Lipinski definition) is 0. The number of halogens is 2. The van der Waals surface area contributed by atoms with Crippen LogP contribution in [-0.4, -0.2) is 5.24 Å². The molecular formula is C6H4Cl2OS. The van der Waals surface area contributed by atoms with Crippen molar-refractivity contribution in [3.05, 3.63) is 22.4 Å². The van der Waals surface area contributed by atoms with Gasteiger partial charge in [-0.2, -0.15) is 11.3 Å². The molecule has 4 heteroatoms. The lowest BCUT2D eigenvalue weighted by atomic mass is 10.3. The molecule has 10 heavy (non-hydrogen) atoms. The molecule has 0 fully saturated rings. The van der Waals surface area contributed by atoms with E-state index < -0.39 is 10.6 Å². The van der Waals surface area contributed by atoms with Gasteiger partial charge in [0.2, 0.25) is 5.24 Å². The maximum Gasteiger partial charge on any atom is 0.244 e. The average Bonchev–Trinajstić information content (AvgIpc) is 2.36. The van der Waals surface area contributed by atoms with E-state index in [0.717, 1.165) is 5.56 Å². The van der Waals surface area contributed by atoms with Crippen LogP contribution in [0, 0.1) is 0 Å². The van der Waals surface area contributed by atoms with Crippen molar-refractivity contribution in [3.63, 3.8) is 0 Å². The second-order valence-corrected chi connectivity index (χ2v) is 3.31. The Balaban J connectivity index is 2.77. The maximum absolute atomic E-state index is 10.5. The van der Waals surface area contributed by atoms with E-state index in [1.165, 1.54) is 11.3 Å². The van der Waals surface area contributed by atoms with Gasteiger partial charge in [-0.1, -0.05) is 0 Å². The number of alkyl halides is 1. The second kappa shape index (κ2) is 3.37. The summed E-state index contributed by atoms with van der Waals surface area (Å²) in [6.07, 6.45) is 0. The first-order valence-electron chi connectivity index (χ1n) is 2.57. The Hall–Kier alpha value is -0.0500. The van der Waals surface area contributed by atoms with E-state index in [9.17, 15) is 4.79 Å². The molecule has 0 spiro atoms. The van der Waals surface area contributed by atoms with Crippen LogP contribution in [0.2, 0.25) is 0 Å². The molecule has 1 atom stereocenters. The molecule has 0 aliphatic heterocycles. The third-order valence-corrected chi connectivity index (χ3v) is 2.52. The number of carbonyl (C=O) groups is 1. The Morgan fingerprint density at radius 1 is 1.70 bits per heavy atom. The minimum atomic E-state index is -0.687. The molecular weight excluding hydrogens is 191 g/mol. The van der Waals surface area contributed by atoms with Crippen LogP contribution in [0.1, 0.15) is 10.9 Å². The number of thiophene rings is 1. The summed E-state index contributed by atoms with van der Waals surface area (Å²) in [7, 11) is 0. The molecule has 1 aromatic rings. The molecule has 0 saturated heterocycles. The van der Waals surface area contributed by atoms with Gasteiger partial charge in [-0.05, 0) is 34.0 Å². The summed E-state index contributed by atoms with van der Waals surface area (Å²) in [6, 6.07) is 1.78. The fourth-order valence-electron chi connectivity index (χ4n) is 0.550. The zero-order valence-electron chi connectivity index (χ0n) is 4.88. The minimum Gasteiger partial charge on any atom is -0.279 e. The topological polar surface area (TPSA) is 17.1 Å². The predicted molar refractivity (Wildman–Crippen MR) is 43.8 cm³/mol. The van der Waals surface area contributed by atoms with E-state index in [0.29, 0.717) is 0 Å². The second-order valence-electron chi connectivity index (χ2n) is 1.72. The van der Waals surface area contributed by atoms with Gasteiger partial charge in [-0.15, -0.1) is 11.6 Å². The van der Waals surface area contributed by atoms with Crippen LogP contribution in [0.3, 0.4) is 0 Å². The van der Waals surface area contributed by atoms with E-state index in [1.807, 2.05) is 5.38 Å². The largest absolute Gasteiger partial charge is 0.279 e. The maximum atomic E-state index is 10.5. The van der Waals surface area contributed by atoms with Crippen LogP contribution in [-0.2, 0) is 4.79 Å². The Morgan fingerprint density at radius 3 is 2.80 bits per heavy atom. The van der Waals surface area contributed by atoms with Gasteiger partial charge >= 0.3 is 0 Å². The van der Waals surface area contributed by atoms with Crippen molar-refractivity contribution < 1.29 is 4.79 Å². The molecule has 0 aromatic carbocycles. The summed E-state index contributed by atoms with van der Waals surface area (Å²) in [5.74, 6) is 0. The van der Waals surface area contributed by atoms with Crippen LogP contribution >= 0.6 is 34.5 Å². The summed E-state index contributed by atoms with van der Waals surface area (Å²) >= 11 is 12.3. The van der Waals surface area contributed by atoms with Crippen molar-refractivity contribution >= 4 is 39.8 Å². The Labute approximate surface area is 72.6 Å². The lowest BCUT2D eigenvalue weighted by Crippen LogP contribution is -1.95. The van der Waals surface area contributed by atoms with Crippen molar-refractivity contribution in [2.75, 3.05) is 0 Å². The highest BCUT2D eigenvalue weighted by Gasteiger charge is 2.14. The van der Waals surface area contributed by atoms with Crippen LogP contribution in [0.5, 0.6) is 0 Å². The standard InChI is InChI=1S/C6H4Cl2OS/c7-5(6(8)9)4-1-2-10-3-4/h1-3,5H. The van der Waals surface area contributed by atoms with E-state index in [2.05, 4.69) is 0 Å². The summed E-state index contributed by atoms with van der Waals surface area (Å²) in [5.41, 5.74) is 0.770. The van der Waals surface area contributed by atoms with Gasteiger partial charge in [0, 0.05) is 0 Å². The smallest absolute Gasteiger partial charge is 0.244 e. The third-order valence-electron chi connectivity index (χ3n) is 1.04. The molecule has 0 bridgehead atoms. The van der Waals surface area contributed by atoms with Gasteiger partial charge in [0.15, 0.2) is 0 Å². The summed E-state index contributed by atoms with van der Waals surface area (Å²) in [4.78, 5) is 10.5. The Kier molecular flexibility index (Phi) is 2.72. The molecule has 1 aromatic heterocycles. The quantitative estimate of drug-likeness (QED) is 0.523. The van der Waals surface area contributed by atoms with E-state index in [1.54, 1.807) is 11.4 Å². The summed E-state index contributed by atoms with van der Waals surface area (Å²) in [5, 5.41) is 2.44. The molecule has 1 nitrogen and oxygen atoms in total. The molecule has 54 valence electrons. The van der Waals surface area contributed by atoms with E-state index in [-0.39, 0.29) is 0 Å². The molecule has 1 heterocycles. The van der Waals surface area contributed by atoms with Crippen LogP contribution < -0.4 is 0 Å². The van der Waals surface area contributed by atoms with Gasteiger partial charge in [-0.25, -0.2) is 0 Å². The fourth-order valence-corrected chi connectivity index (χ4v) is 1.57. The SMILES string of the molecule is O=C(Cl)C(Cl)c1ccsc1. The van der Waals surface area contributed by atoms with Gasteiger partial charge in [0.1, 0.15) is 5.38 Å². The van der Waals surface area contributed by atoms with Crippen molar-refractivity contribution in [2.45, 2.75) is 5.38 Å². The van der Waals surface area contributed by atoms with Crippen LogP contribution in [0.25, 0.3) is 0 Å². The van der Waals surface area contributed by atoms with Crippen molar-refractivity contribution in [1.82, 2.24) is 0 Å². The average molecular weight is 195 g/mol. The van der Waals surface area contributed by atoms with Gasteiger partial charge in [-0.3, -0.25) is 4.79 Å². The summed E-state index contributed by atoms with van der Waals surface area (Å²) in [6.45, 7) is 0. The minimum absolute atomic E-state index is 0.528. The first-order chi connectivity index (χ1) is 4.72. The first kappa shape index (κ1) is 8.05. The lowest BCUT2D eigenvalue weighted by Gasteiger charge is -1.97. The van der Waals surface area contributed by atoms with Gasteiger partial charge in [0.25, 0.3) is 0 Å². The van der Waals surface area contributed by atoms with Gasteiger partial charge < -0.3 is 0 Å². The number of carbonyl (C=O) groups excluding carboxylic acids is 1. The highest BCUT2D eigenvalue weighted by molar-refractivity contribution is 7.08. The molecule has 1 unspecified atom stereocenters. The lowest BCUT2D eigenvalue weighted by molar-refractivity contribution is -0.111. The van der Waals surface area contributed by atoms with Crippen LogP contribution in [0.15, 0.2) is 16.8 Å². The van der Waals surface area contributed by atoms with Crippen molar-refractivity contribution in [1.29, 1.82) is 0 Å². The molecule has 0 aliphatic rings. The van der Waals surface area contributed by atoms with E-state index >= 15 is 0 Å². The zero-order chi connectivity index (χ0) is 7.56. The normalized spacial score (nSPS) is 13.0. The molecule has 1 rings (SSSR count). The highest BCUT2D eigenvalue weighted by Crippen LogP contribution is 2.24. The monoisotopic (exact) mass is 194 g/mol. The van der Waals surface area contributed by atoms with Crippen molar-refractivity contribution in [3.8, 4) is 0 Å². The molecule has 0 radical (unpaired) electrons. The molecule has 0 aliphatic carbocycles.